The van der Waals surface area contributed by atoms with E-state index < -0.39 is 5.97 Å². The van der Waals surface area contributed by atoms with E-state index in [1.165, 1.54) is 19.2 Å². The van der Waals surface area contributed by atoms with E-state index in [2.05, 4.69) is 5.32 Å². The second-order valence-corrected chi connectivity index (χ2v) is 6.31. The molecule has 3 rings (SSSR count). The second kappa shape index (κ2) is 8.01. The molecule has 1 heterocycles. The van der Waals surface area contributed by atoms with Gasteiger partial charge in [0.25, 0.3) is 5.91 Å². The molecule has 0 radical (unpaired) electrons. The first kappa shape index (κ1) is 18.6. The molecule has 0 spiro atoms. The van der Waals surface area contributed by atoms with Crippen LogP contribution in [0.5, 0.6) is 0 Å². The van der Waals surface area contributed by atoms with Gasteiger partial charge < -0.3 is 20.1 Å². The largest absolute Gasteiger partial charge is 0.478 e. The molecule has 0 unspecified atom stereocenters. The van der Waals surface area contributed by atoms with Gasteiger partial charge in [-0.05, 0) is 54.4 Å². The number of ether oxygens (including phenoxy) is 1. The van der Waals surface area contributed by atoms with Gasteiger partial charge in [-0.2, -0.15) is 0 Å². The summed E-state index contributed by atoms with van der Waals surface area (Å²) in [5.74, 6) is -1.35. The first-order valence-electron chi connectivity index (χ1n) is 8.56. The summed E-state index contributed by atoms with van der Waals surface area (Å²) in [6, 6.07) is 11.3. The van der Waals surface area contributed by atoms with Gasteiger partial charge >= 0.3 is 5.97 Å². The number of carboxylic acids is 1. The van der Waals surface area contributed by atoms with E-state index in [4.69, 9.17) is 4.74 Å². The van der Waals surface area contributed by atoms with Crippen molar-refractivity contribution < 1.29 is 24.2 Å². The molecule has 0 saturated carbocycles. The number of hydrogen-bond acceptors (Lipinski definition) is 4. The highest BCUT2D eigenvalue weighted by atomic mass is 16.5. The third-order valence-corrected chi connectivity index (χ3v) is 4.32. The minimum absolute atomic E-state index is 0.0720. The molecule has 0 aromatic heterocycles. The Kier molecular flexibility index (Phi) is 5.52. The number of nitrogens with zero attached hydrogens (tertiary/aromatic N) is 1. The number of rotatable bonds is 6. The third kappa shape index (κ3) is 4.32. The summed E-state index contributed by atoms with van der Waals surface area (Å²) in [6.45, 7) is 0.928. The van der Waals surface area contributed by atoms with E-state index in [9.17, 15) is 19.5 Å². The Morgan fingerprint density at radius 3 is 2.48 bits per heavy atom. The lowest BCUT2D eigenvalue weighted by molar-refractivity contribution is -0.117. The van der Waals surface area contributed by atoms with Crippen molar-refractivity contribution in [3.05, 3.63) is 59.2 Å². The zero-order valence-corrected chi connectivity index (χ0v) is 14.9. The molecule has 0 bridgehead atoms. The van der Waals surface area contributed by atoms with Crippen molar-refractivity contribution >= 4 is 29.2 Å². The molecule has 0 atom stereocenters. The molecule has 27 heavy (non-hydrogen) atoms. The SMILES string of the molecule is COCc1cc(NC(=O)c2ccc(N3CCCC3=O)cc2)cc(C(=O)O)c1. The van der Waals surface area contributed by atoms with Crippen molar-refractivity contribution in [3.63, 3.8) is 0 Å². The van der Waals surface area contributed by atoms with Crippen molar-refractivity contribution in [2.24, 2.45) is 0 Å². The first-order chi connectivity index (χ1) is 13.0. The fourth-order valence-corrected chi connectivity index (χ4v) is 3.05. The second-order valence-electron chi connectivity index (χ2n) is 6.31. The van der Waals surface area contributed by atoms with Crippen molar-refractivity contribution in [1.29, 1.82) is 0 Å². The zero-order chi connectivity index (χ0) is 19.4. The molecule has 1 fully saturated rings. The number of aromatic carboxylic acids is 1. The van der Waals surface area contributed by atoms with Gasteiger partial charge in [0, 0.05) is 37.0 Å². The van der Waals surface area contributed by atoms with Crippen LogP contribution in [0.2, 0.25) is 0 Å². The zero-order valence-electron chi connectivity index (χ0n) is 14.9. The maximum absolute atomic E-state index is 12.5. The standard InChI is InChI=1S/C20H20N2O5/c1-27-12-13-9-15(20(25)26)11-16(10-13)21-19(24)14-4-6-17(7-5-14)22-8-2-3-18(22)23/h4-7,9-11H,2-3,8,12H2,1H3,(H,21,24)(H,25,26). The van der Waals surface area contributed by atoms with Gasteiger partial charge in [0.1, 0.15) is 0 Å². The van der Waals surface area contributed by atoms with Crippen molar-refractivity contribution in [2.75, 3.05) is 23.9 Å². The van der Waals surface area contributed by atoms with Crippen LogP contribution in [0.25, 0.3) is 0 Å². The summed E-state index contributed by atoms with van der Waals surface area (Å²) in [6.07, 6.45) is 1.39. The lowest BCUT2D eigenvalue weighted by Crippen LogP contribution is -2.23. The third-order valence-electron chi connectivity index (χ3n) is 4.32. The highest BCUT2D eigenvalue weighted by Crippen LogP contribution is 2.22. The Labute approximate surface area is 156 Å². The fraction of sp³-hybridized carbons (Fsp3) is 0.250. The maximum atomic E-state index is 12.5. The lowest BCUT2D eigenvalue weighted by atomic mass is 10.1. The van der Waals surface area contributed by atoms with Gasteiger partial charge in [0.05, 0.1) is 12.2 Å². The van der Waals surface area contributed by atoms with E-state index in [0.717, 1.165) is 12.1 Å². The van der Waals surface area contributed by atoms with Crippen LogP contribution in [-0.2, 0) is 16.1 Å². The van der Waals surface area contributed by atoms with Crippen LogP contribution in [0.4, 0.5) is 11.4 Å². The molecule has 1 saturated heterocycles. The predicted molar refractivity (Wildman–Crippen MR) is 100 cm³/mol. The number of anilines is 2. The highest BCUT2D eigenvalue weighted by Gasteiger charge is 2.21. The fourth-order valence-electron chi connectivity index (χ4n) is 3.05. The number of carbonyl (C=O) groups is 3. The summed E-state index contributed by atoms with van der Waals surface area (Å²) >= 11 is 0. The Balaban J connectivity index is 1.76. The Hall–Kier alpha value is -3.19. The molecule has 7 nitrogen and oxygen atoms in total. The van der Waals surface area contributed by atoms with Gasteiger partial charge in [0.2, 0.25) is 5.91 Å². The number of carboxylic acid groups (broad SMARTS) is 1. The predicted octanol–water partition coefficient (Wildman–Crippen LogP) is 2.91. The normalized spacial score (nSPS) is 13.7. The van der Waals surface area contributed by atoms with Crippen LogP contribution in [-0.4, -0.2) is 36.5 Å². The average molecular weight is 368 g/mol. The molecular formula is C20H20N2O5. The Morgan fingerprint density at radius 1 is 1.15 bits per heavy atom. The maximum Gasteiger partial charge on any atom is 0.335 e. The molecule has 2 aromatic carbocycles. The van der Waals surface area contributed by atoms with Crippen molar-refractivity contribution in [3.8, 4) is 0 Å². The van der Waals surface area contributed by atoms with Gasteiger partial charge in [-0.3, -0.25) is 9.59 Å². The number of benzene rings is 2. The number of carbonyl (C=O) groups excluding carboxylic acids is 2. The molecule has 0 aliphatic carbocycles. The summed E-state index contributed by atoms with van der Waals surface area (Å²) < 4.78 is 5.04. The van der Waals surface area contributed by atoms with Gasteiger partial charge in [0.15, 0.2) is 0 Å². The summed E-state index contributed by atoms with van der Waals surface area (Å²) in [4.78, 5) is 37.3. The number of hydrogen-bond donors (Lipinski definition) is 2. The molecule has 140 valence electrons. The highest BCUT2D eigenvalue weighted by molar-refractivity contribution is 6.05. The van der Waals surface area contributed by atoms with E-state index in [1.807, 2.05) is 0 Å². The van der Waals surface area contributed by atoms with Gasteiger partial charge in [-0.15, -0.1) is 0 Å². The molecular weight excluding hydrogens is 348 g/mol. The summed E-state index contributed by atoms with van der Waals surface area (Å²) in [7, 11) is 1.51. The monoisotopic (exact) mass is 368 g/mol. The van der Waals surface area contributed by atoms with E-state index in [-0.39, 0.29) is 24.0 Å². The number of amides is 2. The topological polar surface area (TPSA) is 95.9 Å². The summed E-state index contributed by atoms with van der Waals surface area (Å²) in [5.41, 5.74) is 2.29. The minimum Gasteiger partial charge on any atom is -0.478 e. The number of nitrogens with one attached hydrogen (secondary N) is 1. The van der Waals surface area contributed by atoms with Crippen molar-refractivity contribution in [1.82, 2.24) is 0 Å². The molecule has 1 aliphatic rings. The van der Waals surface area contributed by atoms with Crippen molar-refractivity contribution in [2.45, 2.75) is 19.4 Å². The van der Waals surface area contributed by atoms with Crippen LogP contribution in [0.3, 0.4) is 0 Å². The van der Waals surface area contributed by atoms with Crippen LogP contribution in [0.1, 0.15) is 39.1 Å². The molecule has 1 aliphatic heterocycles. The van der Waals surface area contributed by atoms with Crippen LogP contribution < -0.4 is 10.2 Å². The van der Waals surface area contributed by atoms with Crippen LogP contribution in [0.15, 0.2) is 42.5 Å². The molecule has 2 amide bonds. The smallest absolute Gasteiger partial charge is 0.335 e. The summed E-state index contributed by atoms with van der Waals surface area (Å²) in [5, 5.41) is 11.9. The van der Waals surface area contributed by atoms with E-state index in [1.54, 1.807) is 35.2 Å². The van der Waals surface area contributed by atoms with Crippen LogP contribution >= 0.6 is 0 Å². The quantitative estimate of drug-likeness (QED) is 0.817. The van der Waals surface area contributed by atoms with Crippen LogP contribution in [0, 0.1) is 0 Å². The van der Waals surface area contributed by atoms with Gasteiger partial charge in [-0.1, -0.05) is 0 Å². The number of methoxy groups -OCH3 is 1. The van der Waals surface area contributed by atoms with E-state index in [0.29, 0.717) is 29.8 Å². The molecule has 2 N–H and O–H groups in total. The Morgan fingerprint density at radius 2 is 1.89 bits per heavy atom. The first-order valence-corrected chi connectivity index (χ1v) is 8.56. The molecule has 7 heteroatoms. The van der Waals surface area contributed by atoms with Gasteiger partial charge in [-0.25, -0.2) is 4.79 Å². The molecule has 2 aromatic rings. The Bertz CT molecular complexity index is 876. The minimum atomic E-state index is -1.08. The lowest BCUT2D eigenvalue weighted by Gasteiger charge is -2.16. The average Bonchev–Trinajstić information content (AvgIpc) is 3.08. The van der Waals surface area contributed by atoms with E-state index >= 15 is 0 Å².